The van der Waals surface area contributed by atoms with Crippen molar-refractivity contribution in [3.05, 3.63) is 235 Å². The predicted octanol–water partition coefficient (Wildman–Crippen LogP) is 16.2. The van der Waals surface area contributed by atoms with Crippen LogP contribution in [0.2, 0.25) is 0 Å². The third-order valence-electron chi connectivity index (χ3n) is 13.1. The fourth-order valence-electron chi connectivity index (χ4n) is 9.83. The molecule has 2 heterocycles. The van der Waals surface area contributed by atoms with Gasteiger partial charge in [-0.3, -0.25) is 0 Å². The zero-order valence-electron chi connectivity index (χ0n) is 35.8. The van der Waals surface area contributed by atoms with Gasteiger partial charge in [-0.05, 0) is 108 Å². The molecule has 66 heavy (non-hydrogen) atoms. The molecule has 0 aliphatic heterocycles. The Labute approximate surface area is 381 Å². The first-order chi connectivity index (χ1) is 32.7. The molecule has 0 amide bonds. The van der Waals surface area contributed by atoms with Crippen molar-refractivity contribution in [2.75, 3.05) is 0 Å². The zero-order valence-corrected chi connectivity index (χ0v) is 35.8. The minimum Gasteiger partial charge on any atom is -0.455 e. The van der Waals surface area contributed by atoms with Gasteiger partial charge in [0.2, 0.25) is 0 Å². The van der Waals surface area contributed by atoms with E-state index in [4.69, 9.17) is 19.4 Å². The van der Waals surface area contributed by atoms with E-state index in [1.165, 1.54) is 60.9 Å². The van der Waals surface area contributed by atoms with Gasteiger partial charge in [0.25, 0.3) is 0 Å². The van der Waals surface area contributed by atoms with E-state index in [9.17, 15) is 0 Å². The highest BCUT2D eigenvalue weighted by Gasteiger charge is 2.23. The van der Waals surface area contributed by atoms with E-state index in [0.29, 0.717) is 17.5 Å². The number of allylic oxidation sites excluding steroid dienone is 1. The van der Waals surface area contributed by atoms with Gasteiger partial charge in [0.1, 0.15) is 11.2 Å². The first-order valence-corrected chi connectivity index (χ1v) is 22.5. The number of furan rings is 1. The largest absolute Gasteiger partial charge is 0.455 e. The Balaban J connectivity index is 0.984. The van der Waals surface area contributed by atoms with Crippen LogP contribution in [-0.2, 0) is 6.42 Å². The predicted molar refractivity (Wildman–Crippen MR) is 273 cm³/mol. The van der Waals surface area contributed by atoms with E-state index < -0.39 is 0 Å². The highest BCUT2D eigenvalue weighted by molar-refractivity contribution is 6.15. The van der Waals surface area contributed by atoms with Crippen LogP contribution in [0.4, 0.5) is 0 Å². The van der Waals surface area contributed by atoms with E-state index in [2.05, 4.69) is 218 Å². The third kappa shape index (κ3) is 6.58. The van der Waals surface area contributed by atoms with Gasteiger partial charge < -0.3 is 4.42 Å². The van der Waals surface area contributed by atoms with Crippen molar-refractivity contribution >= 4 is 55.1 Å². The third-order valence-corrected chi connectivity index (χ3v) is 13.1. The van der Waals surface area contributed by atoms with Gasteiger partial charge in [-0.1, -0.05) is 194 Å². The number of hydrogen-bond acceptors (Lipinski definition) is 4. The van der Waals surface area contributed by atoms with Gasteiger partial charge >= 0.3 is 0 Å². The van der Waals surface area contributed by atoms with Crippen LogP contribution in [0.5, 0.6) is 0 Å². The Morgan fingerprint density at radius 3 is 1.56 bits per heavy atom. The maximum Gasteiger partial charge on any atom is 0.164 e. The molecule has 0 radical (unpaired) electrons. The molecule has 4 heteroatoms. The molecule has 0 saturated heterocycles. The van der Waals surface area contributed by atoms with E-state index in [0.717, 1.165) is 61.4 Å². The van der Waals surface area contributed by atoms with Crippen molar-refractivity contribution < 1.29 is 4.42 Å². The Bertz CT molecular complexity index is 3810. The van der Waals surface area contributed by atoms with Crippen LogP contribution in [0.15, 0.2) is 223 Å². The smallest absolute Gasteiger partial charge is 0.164 e. The van der Waals surface area contributed by atoms with Crippen LogP contribution in [0.25, 0.3) is 123 Å². The average molecular weight is 842 g/mol. The lowest BCUT2D eigenvalue weighted by molar-refractivity contribution is 0.667. The van der Waals surface area contributed by atoms with Gasteiger partial charge in [0.05, 0.1) is 0 Å². The molecule has 308 valence electrons. The molecule has 0 N–H and O–H groups in total. The Hall–Kier alpha value is -8.73. The van der Waals surface area contributed by atoms with Crippen LogP contribution in [0, 0.1) is 0 Å². The van der Waals surface area contributed by atoms with Crippen molar-refractivity contribution in [3.8, 4) is 67.5 Å². The van der Waals surface area contributed by atoms with Crippen LogP contribution in [-0.4, -0.2) is 15.0 Å². The Kier molecular flexibility index (Phi) is 8.88. The summed E-state index contributed by atoms with van der Waals surface area (Å²) in [6.07, 6.45) is 3.10. The molecule has 4 nitrogen and oxygen atoms in total. The molecular formula is C62H39N3O. The second kappa shape index (κ2) is 15.5. The molecule has 0 fully saturated rings. The fourth-order valence-corrected chi connectivity index (χ4v) is 9.83. The lowest BCUT2D eigenvalue weighted by atomic mass is 9.90. The lowest BCUT2D eigenvalue weighted by Crippen LogP contribution is -2.00. The van der Waals surface area contributed by atoms with Crippen LogP contribution in [0.3, 0.4) is 0 Å². The molecule has 0 saturated carbocycles. The zero-order chi connectivity index (χ0) is 43.6. The quantitative estimate of drug-likeness (QED) is 0.167. The Morgan fingerprint density at radius 2 is 0.894 bits per heavy atom. The number of benzene rings is 10. The van der Waals surface area contributed by atoms with Gasteiger partial charge in [-0.25, -0.2) is 15.0 Å². The summed E-state index contributed by atoms with van der Waals surface area (Å²) < 4.78 is 6.98. The van der Waals surface area contributed by atoms with Crippen LogP contribution in [0.1, 0.15) is 16.7 Å². The first-order valence-electron chi connectivity index (χ1n) is 22.5. The summed E-state index contributed by atoms with van der Waals surface area (Å²) in [4.78, 5) is 15.7. The molecule has 1 aliphatic rings. The van der Waals surface area contributed by atoms with Crippen LogP contribution >= 0.6 is 0 Å². The number of rotatable bonds is 6. The fraction of sp³-hybridized carbons (Fsp3) is 0.0161. The standard InChI is InChI=1S/C62H39N3O/c1-3-13-39(14-4-1)45-27-29-47-35-51(36-48-30-28-46(38-56(48)55(47)37-45)40-15-5-2-6-16-40)52-21-11-22-53-58-54(23-12-24-57(58)66-59(52)53)62-64-60(49-31-25-41-17-7-9-19-43(41)33-49)63-61(65-62)50-32-26-42-18-8-10-20-44(42)34-50/h1-35,37-38H,36H2. The Morgan fingerprint density at radius 1 is 0.348 bits per heavy atom. The molecule has 2 aromatic heterocycles. The summed E-state index contributed by atoms with van der Waals surface area (Å²) in [6.45, 7) is 0. The SMILES string of the molecule is C1=C(c2cccc3c2oc2cccc(-c4nc(-c5ccc6ccccc6c5)nc(-c5ccc6ccccc6c5)n4)c23)Cc2ccc(-c3ccccc3)cc2-c2cc(-c3ccccc3)ccc21. The van der Waals surface area contributed by atoms with Crippen molar-refractivity contribution in [2.45, 2.75) is 6.42 Å². The van der Waals surface area contributed by atoms with Crippen LogP contribution < -0.4 is 0 Å². The molecule has 12 aromatic rings. The monoisotopic (exact) mass is 841 g/mol. The second-order valence-electron chi connectivity index (χ2n) is 17.1. The lowest BCUT2D eigenvalue weighted by Gasteiger charge is -2.14. The van der Waals surface area contributed by atoms with Gasteiger partial charge in [0, 0.05) is 33.0 Å². The molecule has 10 aromatic carbocycles. The van der Waals surface area contributed by atoms with Crippen molar-refractivity contribution in [2.24, 2.45) is 0 Å². The topological polar surface area (TPSA) is 51.8 Å². The molecule has 0 spiro atoms. The average Bonchev–Trinajstić information content (AvgIpc) is 3.70. The van der Waals surface area contributed by atoms with Crippen molar-refractivity contribution in [1.29, 1.82) is 0 Å². The van der Waals surface area contributed by atoms with Gasteiger partial charge in [-0.15, -0.1) is 0 Å². The molecule has 0 unspecified atom stereocenters. The molecule has 0 bridgehead atoms. The van der Waals surface area contributed by atoms with Gasteiger partial charge in [0.15, 0.2) is 17.5 Å². The van der Waals surface area contributed by atoms with E-state index in [1.807, 2.05) is 6.07 Å². The van der Waals surface area contributed by atoms with E-state index >= 15 is 0 Å². The summed E-state index contributed by atoms with van der Waals surface area (Å²) in [5.74, 6) is 1.83. The first kappa shape index (κ1) is 37.8. The number of nitrogens with zero attached hydrogens (tertiary/aromatic N) is 3. The van der Waals surface area contributed by atoms with Gasteiger partial charge in [-0.2, -0.15) is 0 Å². The van der Waals surface area contributed by atoms with E-state index in [1.54, 1.807) is 0 Å². The maximum atomic E-state index is 6.98. The minimum atomic E-state index is 0.593. The number of aromatic nitrogens is 3. The molecular weight excluding hydrogens is 803 g/mol. The summed E-state index contributed by atoms with van der Waals surface area (Å²) in [6, 6.07) is 77.5. The molecule has 0 atom stereocenters. The van der Waals surface area contributed by atoms with E-state index in [-0.39, 0.29) is 0 Å². The summed E-state index contributed by atoms with van der Waals surface area (Å²) in [5.41, 5.74) is 16.3. The number of fused-ring (bicyclic) bond motifs is 8. The van der Waals surface area contributed by atoms with Crippen molar-refractivity contribution in [3.63, 3.8) is 0 Å². The minimum absolute atomic E-state index is 0.593. The summed E-state index contributed by atoms with van der Waals surface area (Å²) >= 11 is 0. The number of para-hydroxylation sites is 1. The molecule has 1 aliphatic carbocycles. The van der Waals surface area contributed by atoms with Crippen molar-refractivity contribution in [1.82, 2.24) is 15.0 Å². The molecule has 13 rings (SSSR count). The highest BCUT2D eigenvalue weighted by Crippen LogP contribution is 2.44. The number of hydrogen-bond donors (Lipinski definition) is 0. The highest BCUT2D eigenvalue weighted by atomic mass is 16.3. The summed E-state index contributed by atoms with van der Waals surface area (Å²) in [5, 5.41) is 6.59. The second-order valence-corrected chi connectivity index (χ2v) is 17.1. The normalized spacial score (nSPS) is 12.3. The summed E-state index contributed by atoms with van der Waals surface area (Å²) in [7, 11) is 0. The maximum absolute atomic E-state index is 6.98.